The fourth-order valence-corrected chi connectivity index (χ4v) is 4.27. The summed E-state index contributed by atoms with van der Waals surface area (Å²) in [7, 11) is 0. The molecule has 0 aliphatic heterocycles. The topological polar surface area (TPSA) is 104 Å². The monoisotopic (exact) mass is 500 g/mol. The fraction of sp³-hybridized carbons (Fsp3) is 0.419. The number of nitrogens with two attached hydrogens (primary N) is 1. The number of hydrogen-bond donors (Lipinski definition) is 3. The molecule has 1 atom stereocenters. The van der Waals surface area contributed by atoms with Gasteiger partial charge in [0, 0.05) is 28.6 Å². The maximum atomic E-state index is 13.5. The largest absolute Gasteiger partial charge is 0.480 e. The number of aromatic amines is 1. The molecule has 37 heavy (non-hydrogen) atoms. The van der Waals surface area contributed by atoms with Crippen LogP contribution in [0, 0.1) is 11.3 Å². The molecular formula is C31H40N4O2. The molecular weight excluding hydrogens is 460 g/mol. The highest BCUT2D eigenvalue weighted by Crippen LogP contribution is 2.39. The molecule has 2 aromatic carbocycles. The number of nitrogens with one attached hydrogen (secondary N) is 2. The van der Waals surface area contributed by atoms with Gasteiger partial charge in [0.05, 0.1) is 0 Å². The van der Waals surface area contributed by atoms with Gasteiger partial charge >= 0.3 is 0 Å². The van der Waals surface area contributed by atoms with Gasteiger partial charge in [-0.3, -0.25) is 4.79 Å². The van der Waals surface area contributed by atoms with Gasteiger partial charge in [-0.25, -0.2) is 0 Å². The van der Waals surface area contributed by atoms with Crippen LogP contribution in [0.4, 0.5) is 11.5 Å². The van der Waals surface area contributed by atoms with Crippen molar-refractivity contribution >= 4 is 17.4 Å². The predicted molar refractivity (Wildman–Crippen MR) is 152 cm³/mol. The van der Waals surface area contributed by atoms with E-state index in [1.54, 1.807) is 6.20 Å². The molecule has 0 aliphatic carbocycles. The number of rotatable bonds is 10. The molecule has 4 N–H and O–H groups in total. The Morgan fingerprint density at radius 1 is 1.05 bits per heavy atom. The van der Waals surface area contributed by atoms with E-state index in [9.17, 15) is 10.1 Å². The third-order valence-electron chi connectivity index (χ3n) is 7.69. The first kappa shape index (κ1) is 27.9. The molecule has 6 nitrogen and oxygen atoms in total. The number of nitriles is 1. The molecule has 0 spiro atoms. The SMILES string of the molecule is CCC(Oc1ccc(C(C)(C)CC)cc1C(C)(C)CC)C(=O)Nc1ccccc1-c1c[nH]c(N)c1C#N. The van der Waals surface area contributed by atoms with Crippen molar-refractivity contribution in [1.29, 1.82) is 5.26 Å². The molecule has 196 valence electrons. The number of ether oxygens (including phenoxy) is 1. The van der Waals surface area contributed by atoms with Crippen LogP contribution in [0.5, 0.6) is 5.75 Å². The highest BCUT2D eigenvalue weighted by Gasteiger charge is 2.29. The molecule has 3 aromatic rings. The molecule has 0 bridgehead atoms. The van der Waals surface area contributed by atoms with Crippen molar-refractivity contribution in [1.82, 2.24) is 4.98 Å². The number of carbonyl (C=O) groups is 1. The Morgan fingerprint density at radius 3 is 2.35 bits per heavy atom. The first-order valence-corrected chi connectivity index (χ1v) is 13.1. The maximum Gasteiger partial charge on any atom is 0.265 e. The van der Waals surface area contributed by atoms with Gasteiger partial charge in [-0.1, -0.05) is 78.8 Å². The minimum Gasteiger partial charge on any atom is -0.480 e. The zero-order valence-corrected chi connectivity index (χ0v) is 23.2. The standard InChI is InChI=1S/C31H40N4O2/c1-8-26(37-27-16-15-20(30(4,5)9-2)17-24(27)31(6,7)10-3)29(36)35-25-14-12-11-13-21(25)23-19-34-28(33)22(23)18-32/h11-17,19,26,34H,8-10,33H2,1-7H3,(H,35,36). The van der Waals surface area contributed by atoms with Gasteiger partial charge in [0.2, 0.25) is 0 Å². The molecule has 1 heterocycles. The fourth-order valence-electron chi connectivity index (χ4n) is 4.27. The van der Waals surface area contributed by atoms with E-state index in [1.165, 1.54) is 5.56 Å². The summed E-state index contributed by atoms with van der Waals surface area (Å²) in [6.07, 6.45) is 3.47. The van der Waals surface area contributed by atoms with Crippen LogP contribution in [0.3, 0.4) is 0 Å². The van der Waals surface area contributed by atoms with Crippen molar-refractivity contribution in [2.24, 2.45) is 0 Å². The Hall–Kier alpha value is -3.72. The van der Waals surface area contributed by atoms with Crippen molar-refractivity contribution in [3.05, 3.63) is 65.4 Å². The molecule has 0 saturated heterocycles. The molecule has 1 amide bonds. The van der Waals surface area contributed by atoms with E-state index in [4.69, 9.17) is 10.5 Å². The number of H-pyrrole nitrogens is 1. The van der Waals surface area contributed by atoms with E-state index >= 15 is 0 Å². The van der Waals surface area contributed by atoms with Gasteiger partial charge in [-0.05, 0) is 47.8 Å². The number of anilines is 2. The minimum atomic E-state index is -0.684. The van der Waals surface area contributed by atoms with Gasteiger partial charge in [-0.2, -0.15) is 5.26 Å². The molecule has 0 saturated carbocycles. The molecule has 1 aromatic heterocycles. The van der Waals surface area contributed by atoms with E-state index in [0.29, 0.717) is 34.6 Å². The summed E-state index contributed by atoms with van der Waals surface area (Å²) in [5.41, 5.74) is 10.5. The Labute approximate surface area is 221 Å². The molecule has 1 unspecified atom stereocenters. The lowest BCUT2D eigenvalue weighted by atomic mass is 9.76. The van der Waals surface area contributed by atoms with Gasteiger partial charge in [0.15, 0.2) is 6.10 Å². The van der Waals surface area contributed by atoms with Crippen molar-refractivity contribution in [2.45, 2.75) is 84.7 Å². The predicted octanol–water partition coefficient (Wildman–Crippen LogP) is 7.31. The van der Waals surface area contributed by atoms with E-state index in [2.05, 4.69) is 70.0 Å². The number of hydrogen-bond acceptors (Lipinski definition) is 4. The van der Waals surface area contributed by atoms with Crippen molar-refractivity contribution < 1.29 is 9.53 Å². The Balaban J connectivity index is 1.94. The maximum absolute atomic E-state index is 13.5. The van der Waals surface area contributed by atoms with Gasteiger partial charge in [0.25, 0.3) is 5.91 Å². The summed E-state index contributed by atoms with van der Waals surface area (Å²) in [6.45, 7) is 15.2. The van der Waals surface area contributed by atoms with Gasteiger partial charge in [0.1, 0.15) is 23.2 Å². The number of aromatic nitrogens is 1. The minimum absolute atomic E-state index is 0.0479. The van der Waals surface area contributed by atoms with Crippen molar-refractivity contribution in [3.63, 3.8) is 0 Å². The smallest absolute Gasteiger partial charge is 0.265 e. The molecule has 0 radical (unpaired) electrons. The summed E-state index contributed by atoms with van der Waals surface area (Å²) < 4.78 is 6.42. The normalized spacial score (nSPS) is 12.6. The highest BCUT2D eigenvalue weighted by molar-refractivity contribution is 5.99. The van der Waals surface area contributed by atoms with Crippen LogP contribution < -0.4 is 15.8 Å². The lowest BCUT2D eigenvalue weighted by Gasteiger charge is -2.31. The number of benzene rings is 2. The lowest BCUT2D eigenvalue weighted by Crippen LogP contribution is -2.33. The van der Waals surface area contributed by atoms with Crippen LogP contribution in [0.1, 0.15) is 84.4 Å². The van der Waals surface area contributed by atoms with Gasteiger partial charge < -0.3 is 20.8 Å². The summed E-state index contributed by atoms with van der Waals surface area (Å²) in [5, 5.41) is 12.6. The van der Waals surface area contributed by atoms with Gasteiger partial charge in [-0.15, -0.1) is 0 Å². The third kappa shape index (κ3) is 5.83. The molecule has 0 aliphatic rings. The van der Waals surface area contributed by atoms with Crippen LogP contribution in [-0.4, -0.2) is 17.0 Å². The number of para-hydroxylation sites is 1. The van der Waals surface area contributed by atoms with Crippen molar-refractivity contribution in [2.75, 3.05) is 11.1 Å². The first-order valence-electron chi connectivity index (χ1n) is 13.1. The average Bonchev–Trinajstić information content (AvgIpc) is 3.27. The number of carbonyl (C=O) groups excluding carboxylic acids is 1. The van der Waals surface area contributed by atoms with Crippen LogP contribution in [-0.2, 0) is 15.6 Å². The zero-order chi connectivity index (χ0) is 27.4. The highest BCUT2D eigenvalue weighted by atomic mass is 16.5. The van der Waals surface area contributed by atoms with Crippen LogP contribution >= 0.6 is 0 Å². The van der Waals surface area contributed by atoms with E-state index in [0.717, 1.165) is 24.2 Å². The third-order valence-corrected chi connectivity index (χ3v) is 7.69. The quantitative estimate of drug-likeness (QED) is 0.271. The molecule has 0 fully saturated rings. The zero-order valence-electron chi connectivity index (χ0n) is 23.2. The van der Waals surface area contributed by atoms with Crippen molar-refractivity contribution in [3.8, 4) is 22.9 Å². The molecule has 6 heteroatoms. The summed E-state index contributed by atoms with van der Waals surface area (Å²) >= 11 is 0. The van der Waals surface area contributed by atoms with E-state index in [1.807, 2.05) is 37.3 Å². The molecule has 3 rings (SSSR count). The number of amides is 1. The average molecular weight is 501 g/mol. The Kier molecular flexibility index (Phi) is 8.38. The Bertz CT molecular complexity index is 1300. The van der Waals surface area contributed by atoms with E-state index in [-0.39, 0.29) is 16.7 Å². The number of nitrogens with zero attached hydrogens (tertiary/aromatic N) is 1. The second kappa shape index (κ2) is 11.1. The summed E-state index contributed by atoms with van der Waals surface area (Å²) in [6, 6.07) is 15.9. The lowest BCUT2D eigenvalue weighted by molar-refractivity contribution is -0.122. The summed E-state index contributed by atoms with van der Waals surface area (Å²) in [4.78, 5) is 16.4. The second-order valence-corrected chi connectivity index (χ2v) is 10.8. The van der Waals surface area contributed by atoms with E-state index < -0.39 is 6.10 Å². The van der Waals surface area contributed by atoms with Crippen LogP contribution in [0.15, 0.2) is 48.7 Å². The Morgan fingerprint density at radius 2 is 1.73 bits per heavy atom. The first-order chi connectivity index (χ1) is 17.5. The number of nitrogen functional groups attached to an aromatic ring is 1. The van der Waals surface area contributed by atoms with Crippen LogP contribution in [0.25, 0.3) is 11.1 Å². The van der Waals surface area contributed by atoms with Crippen LogP contribution in [0.2, 0.25) is 0 Å². The second-order valence-electron chi connectivity index (χ2n) is 10.8. The summed E-state index contributed by atoms with van der Waals surface area (Å²) in [5.74, 6) is 0.798.